The van der Waals surface area contributed by atoms with Crippen LogP contribution in [-0.4, -0.2) is 29.3 Å². The maximum absolute atomic E-state index is 13.3. The standard InChI is InChI=1S/C22H19N3O6/c1-3-31-21(28)22(13-23,15-6-4-14(2)5-7-15)18-12-19(26)24(20(18)27)16-8-10-17(11-9-16)25(29)30/h4-11,18H,3,12H2,1-2H3/t18-,22-/m1/s1. The number of carbonyl (C=O) groups is 3. The molecule has 1 saturated heterocycles. The van der Waals surface area contributed by atoms with Crippen LogP contribution in [0, 0.1) is 34.3 Å². The Morgan fingerprint density at radius 1 is 1.23 bits per heavy atom. The van der Waals surface area contributed by atoms with Gasteiger partial charge in [-0.3, -0.25) is 24.6 Å². The topological polar surface area (TPSA) is 131 Å². The monoisotopic (exact) mass is 421 g/mol. The second kappa shape index (κ2) is 8.36. The molecule has 0 spiro atoms. The van der Waals surface area contributed by atoms with Crippen molar-refractivity contribution in [2.75, 3.05) is 11.5 Å². The van der Waals surface area contributed by atoms with Gasteiger partial charge >= 0.3 is 5.97 Å². The minimum absolute atomic E-state index is 0.00491. The lowest BCUT2D eigenvalue weighted by Gasteiger charge is -2.29. The summed E-state index contributed by atoms with van der Waals surface area (Å²) < 4.78 is 5.14. The lowest BCUT2D eigenvalue weighted by molar-refractivity contribution is -0.384. The Balaban J connectivity index is 2.08. The van der Waals surface area contributed by atoms with E-state index in [1.54, 1.807) is 31.2 Å². The zero-order chi connectivity index (χ0) is 22.8. The fraction of sp³-hybridized carbons (Fsp3) is 0.273. The van der Waals surface area contributed by atoms with Crippen LogP contribution in [0.2, 0.25) is 0 Å². The molecule has 0 unspecified atom stereocenters. The second-order valence-electron chi connectivity index (χ2n) is 7.10. The highest BCUT2D eigenvalue weighted by molar-refractivity contribution is 6.22. The molecule has 9 nitrogen and oxygen atoms in total. The average Bonchev–Trinajstić information content (AvgIpc) is 3.05. The molecule has 2 aromatic rings. The lowest BCUT2D eigenvalue weighted by Crippen LogP contribution is -2.47. The highest BCUT2D eigenvalue weighted by Crippen LogP contribution is 2.42. The van der Waals surface area contributed by atoms with E-state index in [4.69, 9.17) is 4.74 Å². The number of carbonyl (C=O) groups excluding carboxylic acids is 3. The number of benzene rings is 2. The third-order valence-corrected chi connectivity index (χ3v) is 5.27. The van der Waals surface area contributed by atoms with Gasteiger partial charge in [-0.15, -0.1) is 0 Å². The number of aryl methyl sites for hydroxylation is 1. The van der Waals surface area contributed by atoms with Gasteiger partial charge in [0.15, 0.2) is 5.41 Å². The number of rotatable bonds is 6. The number of esters is 1. The summed E-state index contributed by atoms with van der Waals surface area (Å²) in [5, 5.41) is 21.0. The minimum Gasteiger partial charge on any atom is -0.465 e. The SMILES string of the molecule is CCOC(=O)[C@](C#N)(c1ccc(C)cc1)[C@@H]1CC(=O)N(c2ccc([N+](=O)[O-])cc2)C1=O. The van der Waals surface area contributed by atoms with Gasteiger partial charge in [-0.1, -0.05) is 29.8 Å². The molecule has 0 N–H and O–H groups in total. The highest BCUT2D eigenvalue weighted by atomic mass is 16.6. The summed E-state index contributed by atoms with van der Waals surface area (Å²) in [7, 11) is 0. The Bertz CT molecular complexity index is 1090. The molecule has 0 aromatic heterocycles. The van der Waals surface area contributed by atoms with Crippen molar-refractivity contribution >= 4 is 29.2 Å². The van der Waals surface area contributed by atoms with E-state index in [2.05, 4.69) is 0 Å². The first-order valence-corrected chi connectivity index (χ1v) is 9.53. The van der Waals surface area contributed by atoms with Crippen molar-refractivity contribution in [1.82, 2.24) is 0 Å². The number of imide groups is 1. The van der Waals surface area contributed by atoms with Gasteiger partial charge in [0, 0.05) is 18.6 Å². The van der Waals surface area contributed by atoms with Crippen molar-refractivity contribution in [3.8, 4) is 6.07 Å². The number of hydrogen-bond acceptors (Lipinski definition) is 7. The van der Waals surface area contributed by atoms with Crippen molar-refractivity contribution in [3.63, 3.8) is 0 Å². The fourth-order valence-electron chi connectivity index (χ4n) is 3.68. The predicted molar refractivity (Wildman–Crippen MR) is 109 cm³/mol. The number of nitriles is 1. The average molecular weight is 421 g/mol. The second-order valence-corrected chi connectivity index (χ2v) is 7.10. The predicted octanol–water partition coefficient (Wildman–Crippen LogP) is 2.81. The Kier molecular flexibility index (Phi) is 5.83. The number of amides is 2. The maximum atomic E-state index is 13.3. The molecule has 0 aliphatic carbocycles. The molecular formula is C22H19N3O6. The molecule has 2 atom stereocenters. The van der Waals surface area contributed by atoms with Crippen LogP contribution >= 0.6 is 0 Å². The lowest BCUT2D eigenvalue weighted by atomic mass is 9.70. The first-order chi connectivity index (χ1) is 14.8. The molecule has 1 aliphatic rings. The molecule has 0 saturated carbocycles. The molecule has 1 aliphatic heterocycles. The van der Waals surface area contributed by atoms with Crippen LogP contribution in [0.1, 0.15) is 24.5 Å². The van der Waals surface area contributed by atoms with Crippen molar-refractivity contribution < 1.29 is 24.0 Å². The van der Waals surface area contributed by atoms with Gasteiger partial charge in [-0.25, -0.2) is 4.79 Å². The molecule has 0 bridgehead atoms. The molecular weight excluding hydrogens is 402 g/mol. The van der Waals surface area contributed by atoms with E-state index in [-0.39, 0.29) is 30.0 Å². The number of nitro groups is 1. The Morgan fingerprint density at radius 2 is 1.84 bits per heavy atom. The van der Waals surface area contributed by atoms with E-state index in [1.807, 2.05) is 13.0 Å². The first-order valence-electron chi connectivity index (χ1n) is 9.53. The zero-order valence-corrected chi connectivity index (χ0v) is 16.9. The minimum atomic E-state index is -2.01. The molecule has 3 rings (SSSR count). The third-order valence-electron chi connectivity index (χ3n) is 5.27. The van der Waals surface area contributed by atoms with Gasteiger partial charge in [0.1, 0.15) is 0 Å². The fourth-order valence-corrected chi connectivity index (χ4v) is 3.68. The molecule has 0 radical (unpaired) electrons. The molecule has 1 heterocycles. The van der Waals surface area contributed by atoms with E-state index in [1.165, 1.54) is 24.3 Å². The van der Waals surface area contributed by atoms with Crippen LogP contribution in [0.3, 0.4) is 0 Å². The van der Waals surface area contributed by atoms with Crippen LogP contribution in [0.15, 0.2) is 48.5 Å². The zero-order valence-electron chi connectivity index (χ0n) is 16.9. The smallest absolute Gasteiger partial charge is 0.331 e. The van der Waals surface area contributed by atoms with Gasteiger partial charge in [0.2, 0.25) is 11.8 Å². The number of hydrogen-bond donors (Lipinski definition) is 0. The van der Waals surface area contributed by atoms with E-state index in [0.717, 1.165) is 10.5 Å². The van der Waals surface area contributed by atoms with E-state index < -0.39 is 34.0 Å². The molecule has 9 heteroatoms. The third kappa shape index (κ3) is 3.64. The summed E-state index contributed by atoms with van der Waals surface area (Å²) >= 11 is 0. The summed E-state index contributed by atoms with van der Waals surface area (Å²) in [5.41, 5.74) is -0.928. The van der Waals surface area contributed by atoms with E-state index in [9.17, 15) is 29.8 Å². The van der Waals surface area contributed by atoms with Gasteiger partial charge < -0.3 is 4.74 Å². The summed E-state index contributed by atoms with van der Waals surface area (Å²) in [6, 6.07) is 13.4. The van der Waals surface area contributed by atoms with Crippen molar-refractivity contribution in [2.24, 2.45) is 5.92 Å². The van der Waals surface area contributed by atoms with E-state index >= 15 is 0 Å². The van der Waals surface area contributed by atoms with Crippen molar-refractivity contribution in [2.45, 2.75) is 25.7 Å². The Morgan fingerprint density at radius 3 is 2.35 bits per heavy atom. The van der Waals surface area contributed by atoms with Crippen LogP contribution in [0.4, 0.5) is 11.4 Å². The number of anilines is 1. The summed E-state index contributed by atoms with van der Waals surface area (Å²) in [5.74, 6) is -3.56. The summed E-state index contributed by atoms with van der Waals surface area (Å²) in [6.07, 6.45) is -0.379. The van der Waals surface area contributed by atoms with Crippen molar-refractivity contribution in [3.05, 3.63) is 69.8 Å². The number of non-ortho nitro benzene ring substituents is 1. The highest BCUT2D eigenvalue weighted by Gasteiger charge is 2.58. The number of nitrogens with zero attached hydrogens (tertiary/aromatic N) is 3. The Labute approximate surface area is 178 Å². The van der Waals surface area contributed by atoms with Crippen LogP contribution < -0.4 is 4.90 Å². The van der Waals surface area contributed by atoms with Crippen LogP contribution in [0.5, 0.6) is 0 Å². The summed E-state index contributed by atoms with van der Waals surface area (Å²) in [6.45, 7) is 3.41. The summed E-state index contributed by atoms with van der Waals surface area (Å²) in [4.78, 5) is 50.2. The van der Waals surface area contributed by atoms with E-state index in [0.29, 0.717) is 0 Å². The van der Waals surface area contributed by atoms with Gasteiger partial charge in [0.25, 0.3) is 5.69 Å². The molecule has 31 heavy (non-hydrogen) atoms. The van der Waals surface area contributed by atoms with Crippen LogP contribution in [-0.2, 0) is 24.5 Å². The Hall–Kier alpha value is -4.06. The molecule has 1 fully saturated rings. The molecule has 2 amide bonds. The molecule has 2 aromatic carbocycles. The number of ether oxygens (including phenoxy) is 1. The normalized spacial score (nSPS) is 17.7. The van der Waals surface area contributed by atoms with Gasteiger partial charge in [-0.2, -0.15) is 5.26 Å². The largest absolute Gasteiger partial charge is 0.465 e. The first kappa shape index (κ1) is 21.6. The molecule has 158 valence electrons. The van der Waals surface area contributed by atoms with Gasteiger partial charge in [-0.05, 0) is 31.5 Å². The number of nitro benzene ring substituents is 1. The van der Waals surface area contributed by atoms with Crippen LogP contribution in [0.25, 0.3) is 0 Å². The van der Waals surface area contributed by atoms with Crippen molar-refractivity contribution in [1.29, 1.82) is 5.26 Å². The maximum Gasteiger partial charge on any atom is 0.331 e. The quantitative estimate of drug-likeness (QED) is 0.303. The van der Waals surface area contributed by atoms with Gasteiger partial charge in [0.05, 0.1) is 29.2 Å².